The van der Waals surface area contributed by atoms with E-state index >= 15 is 0 Å². The molecule has 0 saturated heterocycles. The minimum absolute atomic E-state index is 0.161. The molecule has 0 bridgehead atoms. The summed E-state index contributed by atoms with van der Waals surface area (Å²) in [5.74, 6) is -0.372. The second-order valence-electron chi connectivity index (χ2n) is 9.34. The Kier molecular flexibility index (Phi) is 6.68. The van der Waals surface area contributed by atoms with E-state index in [1.165, 1.54) is 18.3 Å². The molecule has 0 unspecified atom stereocenters. The van der Waals surface area contributed by atoms with Gasteiger partial charge in [0.05, 0.1) is 35.6 Å². The molecule has 2 aromatic carbocycles. The summed E-state index contributed by atoms with van der Waals surface area (Å²) in [4.78, 5) is 16.7. The third-order valence-electron chi connectivity index (χ3n) is 5.16. The number of anilines is 2. The third-order valence-corrected chi connectivity index (χ3v) is 5.77. The number of nitrogens with zero attached hydrogens (tertiary/aromatic N) is 3. The van der Waals surface area contributed by atoms with Crippen molar-refractivity contribution in [3.63, 3.8) is 0 Å². The largest absolute Gasteiger partial charge is 0.456 e. The summed E-state index contributed by atoms with van der Waals surface area (Å²) in [7, 11) is -3.46. The summed E-state index contributed by atoms with van der Waals surface area (Å²) in [6.07, 6.45) is 5.71. The number of benzene rings is 2. The van der Waals surface area contributed by atoms with E-state index in [0.717, 1.165) is 6.26 Å². The molecule has 2 aromatic heterocycles. The number of fused-ring (bicyclic) bond motifs is 1. The zero-order chi connectivity index (χ0) is 26.1. The van der Waals surface area contributed by atoms with Crippen molar-refractivity contribution in [2.45, 2.75) is 32.7 Å². The minimum atomic E-state index is -3.46. The lowest BCUT2D eigenvalue weighted by molar-refractivity contribution is -0.115. The highest BCUT2D eigenvalue weighted by atomic mass is 32.2. The lowest BCUT2D eigenvalue weighted by atomic mass is 10.1. The van der Waals surface area contributed by atoms with E-state index in [1.807, 2.05) is 20.8 Å². The molecule has 0 saturated carbocycles. The molecule has 2 N–H and O–H groups in total. The van der Waals surface area contributed by atoms with E-state index in [1.54, 1.807) is 47.4 Å². The van der Waals surface area contributed by atoms with E-state index in [4.69, 9.17) is 4.74 Å². The van der Waals surface area contributed by atoms with Crippen molar-refractivity contribution in [1.82, 2.24) is 14.8 Å². The molecule has 0 spiro atoms. The van der Waals surface area contributed by atoms with Crippen LogP contribution in [-0.4, -0.2) is 35.3 Å². The average Bonchev–Trinajstić information content (AvgIpc) is 3.24. The van der Waals surface area contributed by atoms with Crippen molar-refractivity contribution in [3.8, 4) is 11.5 Å². The minimum Gasteiger partial charge on any atom is -0.456 e. The van der Waals surface area contributed by atoms with Crippen LogP contribution in [-0.2, 0) is 26.8 Å². The number of pyridine rings is 1. The number of rotatable bonds is 7. The van der Waals surface area contributed by atoms with Crippen molar-refractivity contribution >= 4 is 38.2 Å². The predicted octanol–water partition coefficient (Wildman–Crippen LogP) is 4.67. The van der Waals surface area contributed by atoms with Crippen molar-refractivity contribution < 1.29 is 22.3 Å². The van der Waals surface area contributed by atoms with E-state index < -0.39 is 15.8 Å². The van der Waals surface area contributed by atoms with Gasteiger partial charge >= 0.3 is 0 Å². The second-order valence-corrected chi connectivity index (χ2v) is 11.1. The molecule has 9 nitrogen and oxygen atoms in total. The number of halogens is 1. The van der Waals surface area contributed by atoms with Gasteiger partial charge in [0.25, 0.3) is 0 Å². The topological polar surface area (TPSA) is 115 Å². The summed E-state index contributed by atoms with van der Waals surface area (Å²) in [6, 6.07) is 10.7. The van der Waals surface area contributed by atoms with Gasteiger partial charge in [0.15, 0.2) is 0 Å². The molecule has 0 aliphatic rings. The first-order chi connectivity index (χ1) is 16.9. The van der Waals surface area contributed by atoms with Gasteiger partial charge in [-0.05, 0) is 56.7 Å². The van der Waals surface area contributed by atoms with Crippen molar-refractivity contribution in [2.75, 3.05) is 16.3 Å². The number of ether oxygens (including phenoxy) is 1. The lowest BCUT2D eigenvalue weighted by Crippen LogP contribution is -2.22. The zero-order valence-electron chi connectivity index (χ0n) is 20.2. The van der Waals surface area contributed by atoms with Crippen LogP contribution in [0, 0.1) is 5.82 Å². The van der Waals surface area contributed by atoms with Gasteiger partial charge in [0.1, 0.15) is 17.3 Å². The fourth-order valence-electron chi connectivity index (χ4n) is 3.48. The molecular formula is C25H26FN5O4S. The Morgan fingerprint density at radius 3 is 2.56 bits per heavy atom. The van der Waals surface area contributed by atoms with E-state index in [0.29, 0.717) is 28.0 Å². The van der Waals surface area contributed by atoms with Gasteiger partial charge in [0.2, 0.25) is 15.9 Å². The molecule has 2 heterocycles. The molecule has 0 aliphatic heterocycles. The number of nitrogens with one attached hydrogen (secondary N) is 2. The van der Waals surface area contributed by atoms with Crippen LogP contribution in [0.5, 0.6) is 11.5 Å². The number of carbonyl (C=O) groups excluding carboxylic acids is 1. The SMILES string of the molecule is CC(C)(C)n1cc(NC(=O)Cc2ccc(Oc3ccnc4ccc(NS(C)(=O)=O)cc34)cc2F)cn1. The molecule has 0 aliphatic carbocycles. The first kappa shape index (κ1) is 25.1. The van der Waals surface area contributed by atoms with Crippen LogP contribution in [0.2, 0.25) is 0 Å². The number of carbonyl (C=O) groups is 1. The first-order valence-corrected chi connectivity index (χ1v) is 12.9. The average molecular weight is 512 g/mol. The Balaban J connectivity index is 1.49. The molecule has 4 rings (SSSR count). The van der Waals surface area contributed by atoms with E-state index in [2.05, 4.69) is 20.1 Å². The maximum Gasteiger partial charge on any atom is 0.229 e. The summed E-state index contributed by atoms with van der Waals surface area (Å²) in [5.41, 5.74) is 1.45. The van der Waals surface area contributed by atoms with Crippen LogP contribution in [0.1, 0.15) is 26.3 Å². The summed E-state index contributed by atoms with van der Waals surface area (Å²) in [5, 5.41) is 7.51. The van der Waals surface area contributed by atoms with Gasteiger partial charge < -0.3 is 10.1 Å². The van der Waals surface area contributed by atoms with E-state index in [-0.39, 0.29) is 29.2 Å². The van der Waals surface area contributed by atoms with Crippen LogP contribution in [0.4, 0.5) is 15.8 Å². The Labute approximate surface area is 208 Å². The Hall–Kier alpha value is -3.99. The van der Waals surface area contributed by atoms with Gasteiger partial charge in [-0.15, -0.1) is 0 Å². The summed E-state index contributed by atoms with van der Waals surface area (Å²) in [6.45, 7) is 5.97. The zero-order valence-corrected chi connectivity index (χ0v) is 21.1. The number of sulfonamides is 1. The summed E-state index contributed by atoms with van der Waals surface area (Å²) >= 11 is 0. The van der Waals surface area contributed by atoms with Crippen LogP contribution in [0.25, 0.3) is 10.9 Å². The number of hydrogen-bond donors (Lipinski definition) is 2. The second kappa shape index (κ2) is 9.57. The van der Waals surface area contributed by atoms with Crippen LogP contribution < -0.4 is 14.8 Å². The molecular weight excluding hydrogens is 485 g/mol. The van der Waals surface area contributed by atoms with Crippen LogP contribution in [0.15, 0.2) is 61.1 Å². The number of amides is 1. The Morgan fingerprint density at radius 1 is 1.11 bits per heavy atom. The maximum absolute atomic E-state index is 14.8. The number of aromatic nitrogens is 3. The van der Waals surface area contributed by atoms with Crippen molar-refractivity contribution in [2.24, 2.45) is 0 Å². The first-order valence-electron chi connectivity index (χ1n) is 11.1. The summed E-state index contributed by atoms with van der Waals surface area (Å²) < 4.78 is 48.0. The monoisotopic (exact) mass is 511 g/mol. The van der Waals surface area contributed by atoms with Gasteiger partial charge in [-0.3, -0.25) is 19.2 Å². The van der Waals surface area contributed by atoms with Crippen LogP contribution >= 0.6 is 0 Å². The van der Waals surface area contributed by atoms with Crippen molar-refractivity contribution in [1.29, 1.82) is 0 Å². The molecule has 188 valence electrons. The Morgan fingerprint density at radius 2 is 1.89 bits per heavy atom. The van der Waals surface area contributed by atoms with Crippen LogP contribution in [0.3, 0.4) is 0 Å². The fourth-order valence-corrected chi connectivity index (χ4v) is 4.04. The normalized spacial score (nSPS) is 11.9. The lowest BCUT2D eigenvalue weighted by Gasteiger charge is -2.18. The van der Waals surface area contributed by atoms with Gasteiger partial charge in [-0.1, -0.05) is 6.07 Å². The highest BCUT2D eigenvalue weighted by molar-refractivity contribution is 7.92. The number of hydrogen-bond acceptors (Lipinski definition) is 6. The molecule has 0 atom stereocenters. The molecule has 0 radical (unpaired) electrons. The van der Waals surface area contributed by atoms with Gasteiger partial charge in [-0.2, -0.15) is 5.10 Å². The Bertz CT molecular complexity index is 1540. The quantitative estimate of drug-likeness (QED) is 0.373. The third kappa shape index (κ3) is 6.16. The molecule has 0 fully saturated rings. The molecule has 4 aromatic rings. The van der Waals surface area contributed by atoms with Gasteiger partial charge in [0, 0.05) is 29.5 Å². The smallest absolute Gasteiger partial charge is 0.229 e. The maximum atomic E-state index is 14.8. The van der Waals surface area contributed by atoms with E-state index in [9.17, 15) is 17.6 Å². The predicted molar refractivity (Wildman–Crippen MR) is 136 cm³/mol. The highest BCUT2D eigenvalue weighted by Gasteiger charge is 2.16. The molecule has 36 heavy (non-hydrogen) atoms. The standard InChI is InChI=1S/C25H26FN5O4S/c1-25(2,3)31-15-18(14-28-31)29-24(32)11-16-5-7-19(13-21(16)26)35-23-9-10-27-22-8-6-17(12-20(22)23)30-36(4,33)34/h5-10,12-15,30H,11H2,1-4H3,(H,29,32). The molecule has 1 amide bonds. The fraction of sp³-hybridized carbons (Fsp3) is 0.240. The molecule has 11 heteroatoms. The van der Waals surface area contributed by atoms with Crippen molar-refractivity contribution in [3.05, 3.63) is 72.4 Å². The van der Waals surface area contributed by atoms with Gasteiger partial charge in [-0.25, -0.2) is 12.8 Å². The highest BCUT2D eigenvalue weighted by Crippen LogP contribution is 2.31.